The Morgan fingerprint density at radius 3 is 2.55 bits per heavy atom. The Morgan fingerprint density at radius 2 is 2.27 bits per heavy atom. The van der Waals surface area contributed by atoms with E-state index in [4.69, 9.17) is 16.9 Å². The molecular formula is C9H10ClN. The van der Waals surface area contributed by atoms with E-state index in [1.165, 1.54) is 6.42 Å². The summed E-state index contributed by atoms with van der Waals surface area (Å²) in [5.41, 5.74) is 0. The summed E-state index contributed by atoms with van der Waals surface area (Å²) in [5.74, 6) is 0.872. The van der Waals surface area contributed by atoms with E-state index in [9.17, 15) is 0 Å². The van der Waals surface area contributed by atoms with Crippen LogP contribution in [-0.2, 0) is 0 Å². The number of allylic oxidation sites excluding steroid dienone is 2. The highest BCUT2D eigenvalue weighted by Gasteiger charge is 2.43. The van der Waals surface area contributed by atoms with Crippen LogP contribution in [0, 0.1) is 23.2 Å². The highest BCUT2D eigenvalue weighted by molar-refractivity contribution is 6.26. The van der Waals surface area contributed by atoms with Gasteiger partial charge in [-0.25, -0.2) is 0 Å². The standard InChI is InChI=1S/C9H10ClN/c10-9(6-11)5-7-1-3-8(9)4-2-7/h1,3,7-8H,2,4-5H2/t7-,8-,9+/m1/s1. The number of hydrogen-bond acceptors (Lipinski definition) is 1. The third kappa shape index (κ3) is 0.973. The molecule has 0 unspecified atom stereocenters. The third-order valence-electron chi connectivity index (χ3n) is 2.80. The molecule has 2 bridgehead atoms. The Morgan fingerprint density at radius 1 is 1.45 bits per heavy atom. The fourth-order valence-electron chi connectivity index (χ4n) is 2.09. The molecule has 2 heteroatoms. The molecule has 3 aliphatic carbocycles. The van der Waals surface area contributed by atoms with Crippen molar-refractivity contribution < 1.29 is 0 Å². The molecule has 1 saturated carbocycles. The van der Waals surface area contributed by atoms with Crippen molar-refractivity contribution in [2.45, 2.75) is 24.1 Å². The van der Waals surface area contributed by atoms with Gasteiger partial charge in [0, 0.05) is 5.92 Å². The molecule has 3 rings (SSSR count). The molecule has 3 atom stereocenters. The Kier molecular flexibility index (Phi) is 1.47. The molecule has 0 heterocycles. The van der Waals surface area contributed by atoms with Crippen LogP contribution in [-0.4, -0.2) is 4.87 Å². The van der Waals surface area contributed by atoms with Gasteiger partial charge < -0.3 is 0 Å². The van der Waals surface area contributed by atoms with Crippen molar-refractivity contribution in [1.82, 2.24) is 0 Å². The van der Waals surface area contributed by atoms with Crippen molar-refractivity contribution in [3.8, 4) is 6.07 Å². The average Bonchev–Trinajstić information content (AvgIpc) is 2.06. The molecule has 1 fully saturated rings. The van der Waals surface area contributed by atoms with Crippen LogP contribution in [0.5, 0.6) is 0 Å². The zero-order valence-electron chi connectivity index (χ0n) is 6.26. The fraction of sp³-hybridized carbons (Fsp3) is 0.667. The summed E-state index contributed by atoms with van der Waals surface area (Å²) in [6.07, 6.45) is 7.50. The van der Waals surface area contributed by atoms with Crippen LogP contribution in [0.4, 0.5) is 0 Å². The van der Waals surface area contributed by atoms with Gasteiger partial charge in [0.2, 0.25) is 0 Å². The molecule has 0 aromatic rings. The van der Waals surface area contributed by atoms with Crippen LogP contribution in [0.2, 0.25) is 0 Å². The molecule has 0 amide bonds. The zero-order chi connectivity index (χ0) is 7.90. The van der Waals surface area contributed by atoms with Crippen LogP contribution >= 0.6 is 11.6 Å². The van der Waals surface area contributed by atoms with Crippen LogP contribution in [0.25, 0.3) is 0 Å². The topological polar surface area (TPSA) is 23.8 Å². The van der Waals surface area contributed by atoms with E-state index in [0.717, 1.165) is 12.8 Å². The van der Waals surface area contributed by atoms with E-state index in [1.807, 2.05) is 0 Å². The summed E-state index contributed by atoms with van der Waals surface area (Å²) in [7, 11) is 0. The molecule has 0 aromatic heterocycles. The average molecular weight is 168 g/mol. The molecule has 3 aliphatic rings. The lowest BCUT2D eigenvalue weighted by molar-refractivity contribution is 0.290. The van der Waals surface area contributed by atoms with E-state index < -0.39 is 4.87 Å². The zero-order valence-corrected chi connectivity index (χ0v) is 7.01. The predicted octanol–water partition coefficient (Wildman–Crippen LogP) is 2.47. The van der Waals surface area contributed by atoms with Gasteiger partial charge in [-0.1, -0.05) is 12.2 Å². The van der Waals surface area contributed by atoms with Gasteiger partial charge in [-0.05, 0) is 25.2 Å². The van der Waals surface area contributed by atoms with E-state index >= 15 is 0 Å². The van der Waals surface area contributed by atoms with Crippen LogP contribution < -0.4 is 0 Å². The fourth-order valence-corrected chi connectivity index (χ4v) is 2.47. The monoisotopic (exact) mass is 167 g/mol. The normalized spacial score (nSPS) is 47.3. The second-order valence-electron chi connectivity index (χ2n) is 3.51. The number of alkyl halides is 1. The molecule has 1 nitrogen and oxygen atoms in total. The maximum Gasteiger partial charge on any atom is 0.137 e. The molecule has 0 N–H and O–H groups in total. The van der Waals surface area contributed by atoms with Crippen molar-refractivity contribution >= 4 is 11.6 Å². The largest absolute Gasteiger partial charge is 0.196 e. The molecule has 0 saturated heterocycles. The minimum absolute atomic E-state index is 0.305. The van der Waals surface area contributed by atoms with E-state index in [0.29, 0.717) is 11.8 Å². The Bertz CT molecular complexity index is 240. The molecule has 0 spiro atoms. The second-order valence-corrected chi connectivity index (χ2v) is 4.18. The first kappa shape index (κ1) is 7.18. The van der Waals surface area contributed by atoms with Crippen molar-refractivity contribution in [2.75, 3.05) is 0 Å². The smallest absolute Gasteiger partial charge is 0.137 e. The highest BCUT2D eigenvalue weighted by Crippen LogP contribution is 2.46. The van der Waals surface area contributed by atoms with E-state index in [2.05, 4.69) is 18.2 Å². The van der Waals surface area contributed by atoms with E-state index in [1.54, 1.807) is 0 Å². The van der Waals surface area contributed by atoms with Gasteiger partial charge in [-0.3, -0.25) is 0 Å². The molecule has 0 aliphatic heterocycles. The van der Waals surface area contributed by atoms with E-state index in [-0.39, 0.29) is 0 Å². The van der Waals surface area contributed by atoms with Gasteiger partial charge >= 0.3 is 0 Å². The summed E-state index contributed by atoms with van der Waals surface area (Å²) in [4.78, 5) is -0.572. The Labute approximate surface area is 71.7 Å². The van der Waals surface area contributed by atoms with Gasteiger partial charge in [0.05, 0.1) is 6.07 Å². The minimum atomic E-state index is -0.572. The molecule has 0 radical (unpaired) electrons. The quantitative estimate of drug-likeness (QED) is 0.402. The summed E-state index contributed by atoms with van der Waals surface area (Å²) in [6.45, 7) is 0. The van der Waals surface area contributed by atoms with Gasteiger partial charge in [0.1, 0.15) is 4.87 Å². The third-order valence-corrected chi connectivity index (χ3v) is 3.32. The van der Waals surface area contributed by atoms with Crippen LogP contribution in [0.15, 0.2) is 12.2 Å². The Hall–Kier alpha value is -0.480. The maximum absolute atomic E-state index is 8.86. The lowest BCUT2D eigenvalue weighted by Gasteiger charge is -2.39. The lowest BCUT2D eigenvalue weighted by atomic mass is 9.69. The predicted molar refractivity (Wildman–Crippen MR) is 44.2 cm³/mol. The second kappa shape index (κ2) is 2.25. The summed E-state index contributed by atoms with van der Waals surface area (Å²) in [5, 5.41) is 8.86. The molecular weight excluding hydrogens is 158 g/mol. The van der Waals surface area contributed by atoms with Crippen molar-refractivity contribution in [3.63, 3.8) is 0 Å². The number of fused-ring (bicyclic) bond motifs is 2. The lowest BCUT2D eigenvalue weighted by Crippen LogP contribution is -2.39. The van der Waals surface area contributed by atoms with Gasteiger partial charge in [-0.15, -0.1) is 11.6 Å². The molecule has 11 heavy (non-hydrogen) atoms. The van der Waals surface area contributed by atoms with Gasteiger partial charge in [0.15, 0.2) is 0 Å². The van der Waals surface area contributed by atoms with Gasteiger partial charge in [0.25, 0.3) is 0 Å². The van der Waals surface area contributed by atoms with Crippen molar-refractivity contribution in [1.29, 1.82) is 5.26 Å². The number of halogens is 1. The van der Waals surface area contributed by atoms with Crippen molar-refractivity contribution in [2.24, 2.45) is 11.8 Å². The SMILES string of the molecule is N#C[C@@]1(Cl)C[C@@H]2C=C[C@@H]1CC2. The highest BCUT2D eigenvalue weighted by atomic mass is 35.5. The minimum Gasteiger partial charge on any atom is -0.196 e. The maximum atomic E-state index is 8.86. The summed E-state index contributed by atoms with van der Waals surface area (Å²) in [6, 6.07) is 2.23. The number of hydrogen-bond donors (Lipinski definition) is 0. The van der Waals surface area contributed by atoms with Gasteiger partial charge in [-0.2, -0.15) is 5.26 Å². The van der Waals surface area contributed by atoms with Crippen LogP contribution in [0.1, 0.15) is 19.3 Å². The first-order chi connectivity index (χ1) is 5.24. The number of nitriles is 1. The van der Waals surface area contributed by atoms with Crippen LogP contribution in [0.3, 0.4) is 0 Å². The Balaban J connectivity index is 2.32. The summed E-state index contributed by atoms with van der Waals surface area (Å²) >= 11 is 6.14. The first-order valence-corrected chi connectivity index (χ1v) is 4.41. The molecule has 58 valence electrons. The number of nitrogens with zero attached hydrogens (tertiary/aromatic N) is 1. The molecule has 0 aromatic carbocycles. The summed E-state index contributed by atoms with van der Waals surface area (Å²) < 4.78 is 0. The first-order valence-electron chi connectivity index (χ1n) is 4.03. The number of rotatable bonds is 0. The van der Waals surface area contributed by atoms with Crippen molar-refractivity contribution in [3.05, 3.63) is 12.2 Å².